The summed E-state index contributed by atoms with van der Waals surface area (Å²) >= 11 is 0. The molecule has 0 saturated carbocycles. The SMILES string of the molecule is O=C[C@@H](Cc1ccccc1)NS(=O)(=O)Cc1ccccc1. The molecule has 110 valence electrons. The minimum absolute atomic E-state index is 0.132. The van der Waals surface area contributed by atoms with Crippen LogP contribution in [0.4, 0.5) is 0 Å². The van der Waals surface area contributed by atoms with Crippen molar-refractivity contribution in [3.8, 4) is 0 Å². The number of sulfonamides is 1. The van der Waals surface area contributed by atoms with E-state index in [2.05, 4.69) is 4.72 Å². The maximum Gasteiger partial charge on any atom is 0.216 e. The smallest absolute Gasteiger partial charge is 0.216 e. The Labute approximate surface area is 124 Å². The van der Waals surface area contributed by atoms with Crippen LogP contribution in [0, 0.1) is 0 Å². The van der Waals surface area contributed by atoms with E-state index in [1.165, 1.54) is 0 Å². The van der Waals surface area contributed by atoms with Crippen LogP contribution in [0.15, 0.2) is 60.7 Å². The molecule has 2 aromatic carbocycles. The average molecular weight is 303 g/mol. The second-order valence-electron chi connectivity index (χ2n) is 4.79. The Bertz CT molecular complexity index is 669. The number of rotatable bonds is 7. The molecule has 0 saturated heterocycles. The van der Waals surface area contributed by atoms with Crippen LogP contribution >= 0.6 is 0 Å². The molecular weight excluding hydrogens is 286 g/mol. The molecule has 1 atom stereocenters. The van der Waals surface area contributed by atoms with Crippen LogP contribution in [0.1, 0.15) is 11.1 Å². The summed E-state index contributed by atoms with van der Waals surface area (Å²) in [6.45, 7) is 0. The minimum atomic E-state index is -3.55. The highest BCUT2D eigenvalue weighted by Gasteiger charge is 2.18. The Kier molecular flexibility index (Phi) is 5.25. The molecule has 1 N–H and O–H groups in total. The van der Waals surface area contributed by atoms with Crippen molar-refractivity contribution in [2.24, 2.45) is 0 Å². The van der Waals surface area contributed by atoms with Crippen LogP contribution in [0.5, 0.6) is 0 Å². The zero-order valence-electron chi connectivity index (χ0n) is 11.5. The van der Waals surface area contributed by atoms with E-state index in [0.717, 1.165) is 5.56 Å². The number of carbonyl (C=O) groups excluding carboxylic acids is 1. The van der Waals surface area contributed by atoms with Crippen molar-refractivity contribution >= 4 is 16.3 Å². The van der Waals surface area contributed by atoms with Crippen LogP contribution in [-0.4, -0.2) is 20.7 Å². The van der Waals surface area contributed by atoms with Gasteiger partial charge in [0, 0.05) is 0 Å². The van der Waals surface area contributed by atoms with Crippen LogP contribution in [0.3, 0.4) is 0 Å². The Balaban J connectivity index is 2.02. The predicted molar refractivity (Wildman–Crippen MR) is 82.2 cm³/mol. The molecule has 2 aromatic rings. The highest BCUT2D eigenvalue weighted by molar-refractivity contribution is 7.88. The van der Waals surface area contributed by atoms with Crippen molar-refractivity contribution in [3.63, 3.8) is 0 Å². The summed E-state index contributed by atoms with van der Waals surface area (Å²) in [5.74, 6) is -0.132. The summed E-state index contributed by atoms with van der Waals surface area (Å²) in [5, 5.41) is 0. The quantitative estimate of drug-likeness (QED) is 0.795. The fraction of sp³-hybridized carbons (Fsp3) is 0.188. The van der Waals surface area contributed by atoms with E-state index in [-0.39, 0.29) is 5.75 Å². The standard InChI is InChI=1S/C16H17NO3S/c18-12-16(11-14-7-3-1-4-8-14)17-21(19,20)13-15-9-5-2-6-10-15/h1-10,12,16-17H,11,13H2/t16-/m1/s1. The number of nitrogens with one attached hydrogen (secondary N) is 1. The summed E-state index contributed by atoms with van der Waals surface area (Å²) in [6, 6.07) is 17.4. The molecule has 0 fully saturated rings. The normalized spacial score (nSPS) is 12.8. The lowest BCUT2D eigenvalue weighted by Crippen LogP contribution is -2.38. The summed E-state index contributed by atoms with van der Waals surface area (Å²) < 4.78 is 26.6. The molecule has 21 heavy (non-hydrogen) atoms. The molecule has 0 spiro atoms. The molecule has 0 radical (unpaired) electrons. The van der Waals surface area contributed by atoms with E-state index in [9.17, 15) is 13.2 Å². The van der Waals surface area contributed by atoms with Gasteiger partial charge in [0.1, 0.15) is 6.29 Å². The molecule has 0 aliphatic rings. The van der Waals surface area contributed by atoms with Crippen molar-refractivity contribution in [1.82, 2.24) is 4.72 Å². The van der Waals surface area contributed by atoms with Crippen LogP contribution in [-0.2, 0) is 27.0 Å². The molecule has 0 aliphatic carbocycles. The van der Waals surface area contributed by atoms with E-state index in [1.54, 1.807) is 24.3 Å². The number of carbonyl (C=O) groups is 1. The van der Waals surface area contributed by atoms with Crippen molar-refractivity contribution < 1.29 is 13.2 Å². The van der Waals surface area contributed by atoms with Gasteiger partial charge in [-0.2, -0.15) is 0 Å². The Morgan fingerprint density at radius 3 is 1.95 bits per heavy atom. The summed E-state index contributed by atoms with van der Waals surface area (Å²) in [7, 11) is -3.55. The van der Waals surface area contributed by atoms with Crippen LogP contribution in [0.2, 0.25) is 0 Å². The van der Waals surface area contributed by atoms with E-state index < -0.39 is 16.1 Å². The molecule has 5 heteroatoms. The monoisotopic (exact) mass is 303 g/mol. The van der Waals surface area contributed by atoms with Gasteiger partial charge in [0.2, 0.25) is 10.0 Å². The first-order valence-corrected chi connectivity index (χ1v) is 8.27. The molecule has 0 unspecified atom stereocenters. The first-order valence-electron chi connectivity index (χ1n) is 6.62. The van der Waals surface area contributed by atoms with Gasteiger partial charge in [0.15, 0.2) is 0 Å². The van der Waals surface area contributed by atoms with Gasteiger partial charge in [-0.05, 0) is 17.5 Å². The van der Waals surface area contributed by atoms with Gasteiger partial charge < -0.3 is 4.79 Å². The van der Waals surface area contributed by atoms with Crippen molar-refractivity contribution in [2.75, 3.05) is 0 Å². The summed E-state index contributed by atoms with van der Waals surface area (Å²) in [5.41, 5.74) is 1.60. The van der Waals surface area contributed by atoms with Crippen molar-refractivity contribution in [1.29, 1.82) is 0 Å². The summed E-state index contributed by atoms with van der Waals surface area (Å²) in [6.07, 6.45) is 0.980. The molecular formula is C16H17NO3S. The number of hydrogen-bond acceptors (Lipinski definition) is 3. The molecule has 0 aromatic heterocycles. The summed E-state index contributed by atoms with van der Waals surface area (Å²) in [4.78, 5) is 11.1. The molecule has 4 nitrogen and oxygen atoms in total. The first kappa shape index (κ1) is 15.4. The first-order chi connectivity index (χ1) is 10.1. The van der Waals surface area contributed by atoms with Gasteiger partial charge in [0.05, 0.1) is 11.8 Å². The van der Waals surface area contributed by atoms with Crippen LogP contribution < -0.4 is 4.72 Å². The van der Waals surface area contributed by atoms with E-state index in [1.807, 2.05) is 36.4 Å². The lowest BCUT2D eigenvalue weighted by atomic mass is 10.1. The Hall–Kier alpha value is -1.98. The molecule has 0 bridgehead atoms. The third-order valence-corrected chi connectivity index (χ3v) is 4.37. The maximum absolute atomic E-state index is 12.1. The average Bonchev–Trinajstić information content (AvgIpc) is 2.48. The number of benzene rings is 2. The topological polar surface area (TPSA) is 63.2 Å². The second kappa shape index (κ2) is 7.15. The second-order valence-corrected chi connectivity index (χ2v) is 6.55. The molecule has 2 rings (SSSR count). The van der Waals surface area contributed by atoms with Gasteiger partial charge in [0.25, 0.3) is 0 Å². The molecule has 0 heterocycles. The Morgan fingerprint density at radius 2 is 1.43 bits per heavy atom. The third-order valence-electron chi connectivity index (χ3n) is 2.99. The maximum atomic E-state index is 12.1. The Morgan fingerprint density at radius 1 is 0.905 bits per heavy atom. The third kappa shape index (κ3) is 5.13. The van der Waals surface area contributed by atoms with Crippen molar-refractivity contribution in [3.05, 3.63) is 71.8 Å². The number of aldehydes is 1. The lowest BCUT2D eigenvalue weighted by Gasteiger charge is -2.13. The van der Waals surface area contributed by atoms with E-state index in [0.29, 0.717) is 18.3 Å². The molecule has 0 aliphatic heterocycles. The zero-order chi connectivity index (χ0) is 15.1. The van der Waals surface area contributed by atoms with E-state index in [4.69, 9.17) is 0 Å². The molecule has 0 amide bonds. The fourth-order valence-corrected chi connectivity index (χ4v) is 3.37. The van der Waals surface area contributed by atoms with Gasteiger partial charge >= 0.3 is 0 Å². The van der Waals surface area contributed by atoms with Crippen LogP contribution in [0.25, 0.3) is 0 Å². The minimum Gasteiger partial charge on any atom is -0.302 e. The zero-order valence-corrected chi connectivity index (χ0v) is 12.3. The predicted octanol–water partition coefficient (Wildman–Crippen LogP) is 1.92. The van der Waals surface area contributed by atoms with Gasteiger partial charge in [-0.1, -0.05) is 60.7 Å². The highest BCUT2D eigenvalue weighted by atomic mass is 32.2. The highest BCUT2D eigenvalue weighted by Crippen LogP contribution is 2.07. The number of hydrogen-bond donors (Lipinski definition) is 1. The van der Waals surface area contributed by atoms with Gasteiger partial charge in [-0.15, -0.1) is 0 Å². The fourth-order valence-electron chi connectivity index (χ4n) is 2.05. The van der Waals surface area contributed by atoms with Gasteiger partial charge in [-0.25, -0.2) is 13.1 Å². The lowest BCUT2D eigenvalue weighted by molar-refractivity contribution is -0.109. The van der Waals surface area contributed by atoms with Gasteiger partial charge in [-0.3, -0.25) is 0 Å². The van der Waals surface area contributed by atoms with E-state index >= 15 is 0 Å². The van der Waals surface area contributed by atoms with Crippen molar-refractivity contribution in [2.45, 2.75) is 18.2 Å². The largest absolute Gasteiger partial charge is 0.302 e.